The lowest BCUT2D eigenvalue weighted by Gasteiger charge is -2.03. The average Bonchev–Trinajstić information content (AvgIpc) is 3.22. The molecule has 2 aromatic heterocycles. The number of carbonyl (C=O) groups excluding carboxylic acids is 2. The maximum Gasteiger partial charge on any atom is 0.244 e. The molecule has 138 valence electrons. The van der Waals surface area contributed by atoms with Crippen LogP contribution in [0.2, 0.25) is 0 Å². The number of unbranched alkanes of at least 4 members (excludes halogenated alkanes) is 1. The smallest absolute Gasteiger partial charge is 0.244 e. The normalized spacial score (nSPS) is 11.3. The van der Waals surface area contributed by atoms with Crippen LogP contribution in [-0.4, -0.2) is 24.9 Å². The SMILES string of the molecule is Cc1ccc(/C=C/C(=O)NCCCCNC(=O)/C=C/c2ccc(C)o2)o1. The van der Waals surface area contributed by atoms with Gasteiger partial charge in [-0.2, -0.15) is 0 Å². The van der Waals surface area contributed by atoms with Crippen LogP contribution in [0.4, 0.5) is 0 Å². The molecule has 0 saturated carbocycles. The minimum atomic E-state index is -0.167. The van der Waals surface area contributed by atoms with Crippen molar-refractivity contribution in [1.82, 2.24) is 10.6 Å². The van der Waals surface area contributed by atoms with Crippen LogP contribution in [0.15, 0.2) is 45.3 Å². The van der Waals surface area contributed by atoms with Gasteiger partial charge >= 0.3 is 0 Å². The Balaban J connectivity index is 1.53. The molecule has 6 heteroatoms. The summed E-state index contributed by atoms with van der Waals surface area (Å²) in [6.07, 6.45) is 7.72. The quantitative estimate of drug-likeness (QED) is 0.534. The topological polar surface area (TPSA) is 84.5 Å². The molecule has 2 aromatic rings. The van der Waals surface area contributed by atoms with Crippen molar-refractivity contribution < 1.29 is 18.4 Å². The Labute approximate surface area is 153 Å². The standard InChI is InChI=1S/C20H24N2O4/c1-15-5-7-17(25-15)9-11-19(23)21-13-3-4-14-22-20(24)12-10-18-8-6-16(2)26-18/h5-12H,3-4,13-14H2,1-2H3,(H,21,23)(H,22,24)/b11-9+,12-10+. The second-order valence-corrected chi connectivity index (χ2v) is 5.85. The fourth-order valence-corrected chi connectivity index (χ4v) is 2.19. The lowest BCUT2D eigenvalue weighted by molar-refractivity contribution is -0.117. The van der Waals surface area contributed by atoms with E-state index in [0.717, 1.165) is 24.4 Å². The largest absolute Gasteiger partial charge is 0.462 e. The van der Waals surface area contributed by atoms with E-state index in [2.05, 4.69) is 10.6 Å². The zero-order chi connectivity index (χ0) is 18.8. The Kier molecular flexibility index (Phi) is 7.49. The molecule has 0 spiro atoms. The first-order chi connectivity index (χ1) is 12.5. The van der Waals surface area contributed by atoms with E-state index in [4.69, 9.17) is 8.83 Å². The van der Waals surface area contributed by atoms with Crippen molar-refractivity contribution in [2.45, 2.75) is 26.7 Å². The Hall–Kier alpha value is -3.02. The van der Waals surface area contributed by atoms with Gasteiger partial charge in [0.2, 0.25) is 11.8 Å². The summed E-state index contributed by atoms with van der Waals surface area (Å²) in [6.45, 7) is 4.81. The molecule has 0 aromatic carbocycles. The van der Waals surface area contributed by atoms with Gasteiger partial charge in [-0.3, -0.25) is 9.59 Å². The van der Waals surface area contributed by atoms with E-state index in [9.17, 15) is 9.59 Å². The molecule has 2 N–H and O–H groups in total. The number of aryl methyl sites for hydroxylation is 2. The highest BCUT2D eigenvalue weighted by atomic mass is 16.3. The molecule has 0 atom stereocenters. The Bertz CT molecular complexity index is 717. The predicted octanol–water partition coefficient (Wildman–Crippen LogP) is 3.23. The summed E-state index contributed by atoms with van der Waals surface area (Å²) in [6, 6.07) is 7.31. The van der Waals surface area contributed by atoms with Crippen LogP contribution < -0.4 is 10.6 Å². The Morgan fingerprint density at radius 1 is 0.808 bits per heavy atom. The van der Waals surface area contributed by atoms with Gasteiger partial charge in [-0.15, -0.1) is 0 Å². The number of rotatable bonds is 9. The van der Waals surface area contributed by atoms with Crippen molar-refractivity contribution in [3.05, 3.63) is 59.5 Å². The van der Waals surface area contributed by atoms with E-state index in [1.807, 2.05) is 38.1 Å². The van der Waals surface area contributed by atoms with E-state index in [1.54, 1.807) is 12.2 Å². The molecule has 6 nitrogen and oxygen atoms in total. The molecule has 0 aliphatic carbocycles. The van der Waals surface area contributed by atoms with Gasteiger partial charge in [-0.1, -0.05) is 0 Å². The van der Waals surface area contributed by atoms with Crippen LogP contribution in [-0.2, 0) is 9.59 Å². The van der Waals surface area contributed by atoms with Gasteiger partial charge in [0, 0.05) is 25.2 Å². The van der Waals surface area contributed by atoms with Crippen LogP contribution in [0.25, 0.3) is 12.2 Å². The summed E-state index contributed by atoms with van der Waals surface area (Å²) in [5, 5.41) is 5.58. The minimum Gasteiger partial charge on any atom is -0.462 e. The molecule has 0 fully saturated rings. The van der Waals surface area contributed by atoms with Crippen LogP contribution in [0.3, 0.4) is 0 Å². The summed E-state index contributed by atoms with van der Waals surface area (Å²) in [5.74, 6) is 2.58. The van der Waals surface area contributed by atoms with Gasteiger partial charge in [0.15, 0.2) is 0 Å². The fourth-order valence-electron chi connectivity index (χ4n) is 2.19. The highest BCUT2D eigenvalue weighted by molar-refractivity contribution is 5.91. The summed E-state index contributed by atoms with van der Waals surface area (Å²) >= 11 is 0. The zero-order valence-corrected chi connectivity index (χ0v) is 15.1. The first-order valence-corrected chi connectivity index (χ1v) is 8.57. The first kappa shape index (κ1) is 19.3. The number of carbonyl (C=O) groups is 2. The number of hydrogen-bond acceptors (Lipinski definition) is 4. The van der Waals surface area contributed by atoms with E-state index in [-0.39, 0.29) is 11.8 Å². The summed E-state index contributed by atoms with van der Waals surface area (Å²) in [5.41, 5.74) is 0. The highest BCUT2D eigenvalue weighted by Crippen LogP contribution is 2.08. The van der Waals surface area contributed by atoms with Gasteiger partial charge in [0.1, 0.15) is 23.0 Å². The van der Waals surface area contributed by atoms with Gasteiger partial charge in [0.25, 0.3) is 0 Å². The summed E-state index contributed by atoms with van der Waals surface area (Å²) < 4.78 is 10.7. The third-order valence-electron chi connectivity index (χ3n) is 3.52. The maximum atomic E-state index is 11.7. The van der Waals surface area contributed by atoms with E-state index >= 15 is 0 Å². The molecule has 26 heavy (non-hydrogen) atoms. The number of furan rings is 2. The predicted molar refractivity (Wildman–Crippen MR) is 100 cm³/mol. The third-order valence-corrected chi connectivity index (χ3v) is 3.52. The van der Waals surface area contributed by atoms with Crippen molar-refractivity contribution in [3.63, 3.8) is 0 Å². The van der Waals surface area contributed by atoms with Gasteiger partial charge < -0.3 is 19.5 Å². The molecule has 2 heterocycles. The summed E-state index contributed by atoms with van der Waals surface area (Å²) in [7, 11) is 0. The Morgan fingerprint density at radius 3 is 1.58 bits per heavy atom. The van der Waals surface area contributed by atoms with Crippen molar-refractivity contribution in [2.24, 2.45) is 0 Å². The average molecular weight is 356 g/mol. The third kappa shape index (κ3) is 7.25. The van der Waals surface area contributed by atoms with Gasteiger partial charge in [0.05, 0.1) is 0 Å². The molecular formula is C20H24N2O4. The molecule has 0 saturated heterocycles. The molecule has 2 amide bonds. The second kappa shape index (κ2) is 10.1. The van der Waals surface area contributed by atoms with E-state index in [1.165, 1.54) is 12.2 Å². The maximum absolute atomic E-state index is 11.7. The minimum absolute atomic E-state index is 0.167. The van der Waals surface area contributed by atoms with Crippen molar-refractivity contribution in [1.29, 1.82) is 0 Å². The Morgan fingerprint density at radius 2 is 1.23 bits per heavy atom. The lowest BCUT2D eigenvalue weighted by atomic mass is 10.3. The number of nitrogens with one attached hydrogen (secondary N) is 2. The lowest BCUT2D eigenvalue weighted by Crippen LogP contribution is -2.25. The molecule has 2 rings (SSSR count). The first-order valence-electron chi connectivity index (χ1n) is 8.57. The van der Waals surface area contributed by atoms with E-state index < -0.39 is 0 Å². The van der Waals surface area contributed by atoms with Crippen LogP contribution >= 0.6 is 0 Å². The van der Waals surface area contributed by atoms with Crippen molar-refractivity contribution in [3.8, 4) is 0 Å². The molecule has 0 radical (unpaired) electrons. The van der Waals surface area contributed by atoms with Crippen LogP contribution in [0.5, 0.6) is 0 Å². The van der Waals surface area contributed by atoms with Crippen LogP contribution in [0, 0.1) is 13.8 Å². The van der Waals surface area contributed by atoms with Crippen molar-refractivity contribution in [2.75, 3.05) is 13.1 Å². The van der Waals surface area contributed by atoms with Gasteiger partial charge in [-0.25, -0.2) is 0 Å². The second-order valence-electron chi connectivity index (χ2n) is 5.85. The highest BCUT2D eigenvalue weighted by Gasteiger charge is 1.99. The molecule has 0 aliphatic rings. The molecular weight excluding hydrogens is 332 g/mol. The monoisotopic (exact) mass is 356 g/mol. The molecule has 0 aliphatic heterocycles. The van der Waals surface area contributed by atoms with E-state index in [0.29, 0.717) is 24.6 Å². The van der Waals surface area contributed by atoms with Crippen LogP contribution in [0.1, 0.15) is 35.9 Å². The van der Waals surface area contributed by atoms with Crippen molar-refractivity contribution >= 4 is 24.0 Å². The number of amides is 2. The zero-order valence-electron chi connectivity index (χ0n) is 15.1. The molecule has 0 unspecified atom stereocenters. The summed E-state index contributed by atoms with van der Waals surface area (Å²) in [4.78, 5) is 23.3. The fraction of sp³-hybridized carbons (Fsp3) is 0.300. The molecule has 0 bridgehead atoms. The number of hydrogen-bond donors (Lipinski definition) is 2. The van der Waals surface area contributed by atoms with Gasteiger partial charge in [-0.05, 0) is 63.1 Å².